The Morgan fingerprint density at radius 1 is 1.09 bits per heavy atom. The second kappa shape index (κ2) is 14.2. The van der Waals surface area contributed by atoms with Gasteiger partial charge in [0.15, 0.2) is 0 Å². The average Bonchev–Trinajstić information content (AvgIpc) is 2.83. The lowest BCUT2D eigenvalue weighted by atomic mass is 9.87. The Labute approximate surface area is 202 Å². The molecule has 1 aromatic rings. The Bertz CT molecular complexity index is 736. The van der Waals surface area contributed by atoms with E-state index in [1.54, 1.807) is 0 Å². The van der Waals surface area contributed by atoms with E-state index >= 15 is 0 Å². The zero-order valence-corrected chi connectivity index (χ0v) is 20.8. The number of nitrogens with two attached hydrogens (primary N) is 3. The summed E-state index contributed by atoms with van der Waals surface area (Å²) in [5.41, 5.74) is 22.8. The number of likely N-dealkylation sites (tertiary alicyclic amines) is 1. The molecule has 1 aliphatic heterocycles. The molecule has 2 rings (SSSR count). The molecule has 3 unspecified atom stereocenters. The van der Waals surface area contributed by atoms with Crippen molar-refractivity contribution in [1.82, 2.24) is 10.2 Å². The maximum absolute atomic E-state index is 6.23. The van der Waals surface area contributed by atoms with Crippen LogP contribution in [0.1, 0.15) is 44.6 Å². The van der Waals surface area contributed by atoms with Crippen LogP contribution in [-0.4, -0.2) is 43.7 Å². The molecular weight excluding hydrogens is 406 g/mol. The van der Waals surface area contributed by atoms with E-state index in [1.165, 1.54) is 11.3 Å². The van der Waals surface area contributed by atoms with Crippen molar-refractivity contribution in [2.24, 2.45) is 35.0 Å². The van der Waals surface area contributed by atoms with E-state index in [0.717, 1.165) is 69.4 Å². The summed E-state index contributed by atoms with van der Waals surface area (Å²) >= 11 is 0. The Morgan fingerprint density at radius 3 is 2.33 bits per heavy atom. The summed E-state index contributed by atoms with van der Waals surface area (Å²) in [6, 6.07) is 10.6. The van der Waals surface area contributed by atoms with Crippen LogP contribution >= 0.6 is 0 Å². The van der Waals surface area contributed by atoms with E-state index in [0.29, 0.717) is 24.9 Å². The van der Waals surface area contributed by atoms with E-state index < -0.39 is 0 Å². The molecule has 7 N–H and O–H groups in total. The van der Waals surface area contributed by atoms with Crippen molar-refractivity contribution < 1.29 is 0 Å². The maximum Gasteiger partial charge on any atom is 0.0250 e. The lowest BCUT2D eigenvalue weighted by molar-refractivity contribution is 0.195. The van der Waals surface area contributed by atoms with Gasteiger partial charge in [0, 0.05) is 55.5 Å². The molecule has 0 saturated carbocycles. The van der Waals surface area contributed by atoms with E-state index in [2.05, 4.69) is 54.2 Å². The largest absolute Gasteiger partial charge is 0.388 e. The zero-order chi connectivity index (χ0) is 24.2. The maximum atomic E-state index is 6.23. The first kappa shape index (κ1) is 27.2. The number of benzene rings is 1. The van der Waals surface area contributed by atoms with Crippen LogP contribution in [-0.2, 0) is 6.42 Å². The topological polar surface area (TPSA) is 93.3 Å². The van der Waals surface area contributed by atoms with Gasteiger partial charge in [-0.05, 0) is 63.5 Å². The van der Waals surface area contributed by atoms with E-state index in [4.69, 9.17) is 17.2 Å². The highest BCUT2D eigenvalue weighted by Crippen LogP contribution is 2.28. The smallest absolute Gasteiger partial charge is 0.0250 e. The molecule has 0 amide bonds. The number of hydrogen-bond acceptors (Lipinski definition) is 5. The van der Waals surface area contributed by atoms with Crippen LogP contribution in [0.4, 0.5) is 0 Å². The molecule has 5 heteroatoms. The van der Waals surface area contributed by atoms with Gasteiger partial charge >= 0.3 is 0 Å². The van der Waals surface area contributed by atoms with E-state index in [9.17, 15) is 0 Å². The van der Waals surface area contributed by atoms with Gasteiger partial charge in [0.1, 0.15) is 0 Å². The van der Waals surface area contributed by atoms with Crippen LogP contribution in [0.3, 0.4) is 0 Å². The number of nitrogens with one attached hydrogen (secondary N) is 1. The molecule has 1 saturated heterocycles. The summed E-state index contributed by atoms with van der Waals surface area (Å²) in [4.78, 5) is 2.47. The van der Waals surface area contributed by atoms with Crippen LogP contribution in [0.25, 0.3) is 0 Å². The molecule has 0 aromatic heterocycles. The Hall–Kier alpha value is -2.08. The molecule has 1 aromatic carbocycles. The highest BCUT2D eigenvalue weighted by Gasteiger charge is 2.25. The Balaban J connectivity index is 1.89. The Morgan fingerprint density at radius 2 is 1.76 bits per heavy atom. The van der Waals surface area contributed by atoms with Gasteiger partial charge in [0.05, 0.1) is 0 Å². The number of hydrogen-bond donors (Lipinski definition) is 4. The van der Waals surface area contributed by atoms with Crippen molar-refractivity contribution in [3.8, 4) is 0 Å². The van der Waals surface area contributed by atoms with Crippen molar-refractivity contribution >= 4 is 0 Å². The summed E-state index contributed by atoms with van der Waals surface area (Å²) < 4.78 is 0. The lowest BCUT2D eigenvalue weighted by Gasteiger charge is -2.38. The molecule has 3 atom stereocenters. The summed E-state index contributed by atoms with van der Waals surface area (Å²) in [6.07, 6.45) is 6.28. The van der Waals surface area contributed by atoms with Crippen LogP contribution in [0, 0.1) is 17.8 Å². The number of nitrogens with zero attached hydrogens (tertiary/aromatic N) is 1. The van der Waals surface area contributed by atoms with Crippen molar-refractivity contribution in [3.63, 3.8) is 0 Å². The predicted octanol–water partition coefficient (Wildman–Crippen LogP) is 3.78. The monoisotopic (exact) mass is 453 g/mol. The fraction of sp³-hybridized carbons (Fsp3) is 0.571. The highest BCUT2D eigenvalue weighted by atomic mass is 15.1. The first-order valence-electron chi connectivity index (χ1n) is 12.6. The normalized spacial score (nSPS) is 17.3. The molecule has 0 aliphatic carbocycles. The molecule has 1 aliphatic rings. The van der Waals surface area contributed by atoms with Gasteiger partial charge in [-0.2, -0.15) is 0 Å². The molecule has 0 spiro atoms. The standard InChI is InChI=1S/C28H47N5/c1-21(2)28(31)18-25-12-15-33(16-13-25)23(4)26(11-8-14-29)20-32-22(3)27(19-30)17-24-9-6-5-7-10-24/h5-7,9-10,25-28,32H,1,3-4,8,11-20,29-31H2,2H3. The van der Waals surface area contributed by atoms with Gasteiger partial charge in [0.25, 0.3) is 0 Å². The van der Waals surface area contributed by atoms with Gasteiger partial charge in [-0.15, -0.1) is 0 Å². The SMILES string of the molecule is C=C(C)C(N)CC1CCN(C(=C)C(CCCN)CNC(=C)C(CN)Cc2ccccc2)CC1. The fourth-order valence-electron chi connectivity index (χ4n) is 4.67. The van der Waals surface area contributed by atoms with Crippen molar-refractivity contribution in [3.05, 3.63) is 72.6 Å². The quantitative estimate of drug-likeness (QED) is 0.303. The van der Waals surface area contributed by atoms with Crippen LogP contribution < -0.4 is 22.5 Å². The first-order valence-corrected chi connectivity index (χ1v) is 12.6. The van der Waals surface area contributed by atoms with Crippen molar-refractivity contribution in [2.45, 2.75) is 51.5 Å². The van der Waals surface area contributed by atoms with Crippen LogP contribution in [0.2, 0.25) is 0 Å². The first-order chi connectivity index (χ1) is 15.8. The van der Waals surface area contributed by atoms with Crippen molar-refractivity contribution in [1.29, 1.82) is 0 Å². The lowest BCUT2D eigenvalue weighted by Crippen LogP contribution is -2.39. The molecule has 0 radical (unpaired) electrons. The van der Waals surface area contributed by atoms with Crippen LogP contribution in [0.5, 0.6) is 0 Å². The minimum atomic E-state index is 0.114. The van der Waals surface area contributed by atoms with Gasteiger partial charge < -0.3 is 27.4 Å². The Kier molecular flexibility index (Phi) is 11.7. The second-order valence-corrected chi connectivity index (χ2v) is 9.77. The van der Waals surface area contributed by atoms with E-state index in [1.807, 2.05) is 13.0 Å². The van der Waals surface area contributed by atoms with Gasteiger partial charge in [-0.1, -0.05) is 55.6 Å². The molecule has 1 fully saturated rings. The number of piperidine rings is 1. The van der Waals surface area contributed by atoms with Crippen LogP contribution in [0.15, 0.2) is 67.0 Å². The molecule has 1 heterocycles. The van der Waals surface area contributed by atoms with E-state index in [-0.39, 0.29) is 12.0 Å². The summed E-state index contributed by atoms with van der Waals surface area (Å²) in [5.74, 6) is 1.23. The van der Waals surface area contributed by atoms with Crippen molar-refractivity contribution in [2.75, 3.05) is 32.7 Å². The van der Waals surface area contributed by atoms with Gasteiger partial charge in [-0.3, -0.25) is 0 Å². The third-order valence-corrected chi connectivity index (χ3v) is 7.15. The molecule has 33 heavy (non-hydrogen) atoms. The summed E-state index contributed by atoms with van der Waals surface area (Å²) in [5, 5.41) is 3.60. The average molecular weight is 454 g/mol. The fourth-order valence-corrected chi connectivity index (χ4v) is 4.67. The third kappa shape index (κ3) is 9.00. The predicted molar refractivity (Wildman–Crippen MR) is 142 cm³/mol. The highest BCUT2D eigenvalue weighted by molar-refractivity contribution is 5.18. The molecular formula is C28H47N5. The molecule has 5 nitrogen and oxygen atoms in total. The second-order valence-electron chi connectivity index (χ2n) is 9.77. The minimum absolute atomic E-state index is 0.114. The summed E-state index contributed by atoms with van der Waals surface area (Å²) in [6.45, 7) is 19.1. The number of rotatable bonds is 15. The third-order valence-electron chi connectivity index (χ3n) is 7.15. The molecule has 0 bridgehead atoms. The summed E-state index contributed by atoms with van der Waals surface area (Å²) in [7, 11) is 0. The van der Waals surface area contributed by atoms with Gasteiger partial charge in [0.2, 0.25) is 0 Å². The minimum Gasteiger partial charge on any atom is -0.388 e. The zero-order valence-electron chi connectivity index (χ0n) is 20.8. The molecule has 184 valence electrons. The van der Waals surface area contributed by atoms with Gasteiger partial charge in [-0.25, -0.2) is 0 Å².